The fraction of sp³-hybridized carbons (Fsp3) is 0.500. The van der Waals surface area contributed by atoms with Gasteiger partial charge in [-0.3, -0.25) is 9.59 Å². The zero-order chi connectivity index (χ0) is 17.9. The summed E-state index contributed by atoms with van der Waals surface area (Å²) in [5, 5.41) is 0. The van der Waals surface area contributed by atoms with E-state index in [2.05, 4.69) is 0 Å². The fourth-order valence-corrected chi connectivity index (χ4v) is 2.64. The number of likely N-dealkylation sites (tertiary alicyclic amines) is 1. The van der Waals surface area contributed by atoms with Crippen molar-refractivity contribution in [2.75, 3.05) is 19.7 Å². The maximum Gasteiger partial charge on any atom is 0.416 e. The molecule has 8 heteroatoms. The number of amides is 1. The van der Waals surface area contributed by atoms with Gasteiger partial charge >= 0.3 is 12.1 Å². The van der Waals surface area contributed by atoms with Gasteiger partial charge in [0.1, 0.15) is 5.82 Å². The highest BCUT2D eigenvalue weighted by Crippen LogP contribution is 2.31. The van der Waals surface area contributed by atoms with Gasteiger partial charge in [-0.2, -0.15) is 13.2 Å². The lowest BCUT2D eigenvalue weighted by Gasteiger charge is -2.31. The van der Waals surface area contributed by atoms with Crippen molar-refractivity contribution in [1.82, 2.24) is 4.90 Å². The second-order valence-corrected chi connectivity index (χ2v) is 5.54. The van der Waals surface area contributed by atoms with Gasteiger partial charge in [-0.05, 0) is 38.0 Å². The molecule has 0 aliphatic carbocycles. The number of ether oxygens (including phenoxy) is 1. The Hall–Kier alpha value is -2.12. The minimum atomic E-state index is -4.73. The quantitative estimate of drug-likeness (QED) is 0.623. The topological polar surface area (TPSA) is 46.6 Å². The van der Waals surface area contributed by atoms with E-state index in [0.29, 0.717) is 25.0 Å². The number of hydrogen-bond donors (Lipinski definition) is 0. The zero-order valence-corrected chi connectivity index (χ0v) is 13.0. The van der Waals surface area contributed by atoms with Gasteiger partial charge in [0.15, 0.2) is 0 Å². The molecule has 0 N–H and O–H groups in total. The van der Waals surface area contributed by atoms with Gasteiger partial charge in [0.2, 0.25) is 0 Å². The fourth-order valence-electron chi connectivity index (χ4n) is 2.64. The van der Waals surface area contributed by atoms with E-state index in [0.717, 1.165) is 6.07 Å². The first-order valence-electron chi connectivity index (χ1n) is 7.56. The Bertz CT molecular complexity index is 622. The molecule has 4 nitrogen and oxygen atoms in total. The Labute approximate surface area is 136 Å². The third kappa shape index (κ3) is 4.24. The summed E-state index contributed by atoms with van der Waals surface area (Å²) >= 11 is 0. The lowest BCUT2D eigenvalue weighted by Crippen LogP contribution is -2.40. The highest BCUT2D eigenvalue weighted by atomic mass is 19.4. The van der Waals surface area contributed by atoms with Crippen LogP contribution in [0.25, 0.3) is 0 Å². The molecule has 0 radical (unpaired) electrons. The van der Waals surface area contributed by atoms with Crippen molar-refractivity contribution in [1.29, 1.82) is 0 Å². The number of piperidine rings is 1. The summed E-state index contributed by atoms with van der Waals surface area (Å²) < 4.78 is 56.5. The number of esters is 1. The number of nitrogens with zero attached hydrogens (tertiary/aromatic N) is 1. The largest absolute Gasteiger partial charge is 0.466 e. The Kier molecular flexibility index (Phi) is 5.46. The monoisotopic (exact) mass is 347 g/mol. The Morgan fingerprint density at radius 1 is 1.21 bits per heavy atom. The summed E-state index contributed by atoms with van der Waals surface area (Å²) in [5.41, 5.74) is -1.55. The summed E-state index contributed by atoms with van der Waals surface area (Å²) in [6.07, 6.45) is -3.99. The molecular formula is C16H17F4NO3. The highest BCUT2D eigenvalue weighted by molar-refractivity contribution is 5.94. The van der Waals surface area contributed by atoms with E-state index in [-0.39, 0.29) is 37.1 Å². The summed E-state index contributed by atoms with van der Waals surface area (Å²) in [7, 11) is 0. The minimum Gasteiger partial charge on any atom is -0.466 e. The molecule has 1 saturated heterocycles. The molecule has 24 heavy (non-hydrogen) atoms. The minimum absolute atomic E-state index is 0.209. The van der Waals surface area contributed by atoms with Crippen molar-refractivity contribution < 1.29 is 31.9 Å². The van der Waals surface area contributed by atoms with Crippen LogP contribution < -0.4 is 0 Å². The number of carbonyl (C=O) groups is 2. The van der Waals surface area contributed by atoms with Crippen molar-refractivity contribution in [3.63, 3.8) is 0 Å². The van der Waals surface area contributed by atoms with Crippen molar-refractivity contribution >= 4 is 11.9 Å². The molecule has 0 aromatic heterocycles. The number of benzene rings is 1. The third-order valence-corrected chi connectivity index (χ3v) is 3.87. The van der Waals surface area contributed by atoms with Gasteiger partial charge in [-0.25, -0.2) is 4.39 Å². The van der Waals surface area contributed by atoms with Crippen LogP contribution in [0.3, 0.4) is 0 Å². The first-order valence-corrected chi connectivity index (χ1v) is 7.56. The van der Waals surface area contributed by atoms with Crippen LogP contribution in [0.5, 0.6) is 0 Å². The van der Waals surface area contributed by atoms with Crippen LogP contribution in [0.4, 0.5) is 17.6 Å². The second kappa shape index (κ2) is 7.19. The molecule has 0 spiro atoms. The Morgan fingerprint density at radius 2 is 1.83 bits per heavy atom. The number of halogens is 4. The molecule has 1 aromatic rings. The standard InChI is InChI=1S/C16H17F4NO3/c1-2-24-15(23)10-3-5-21(6-4-10)14(22)11-7-12(16(18,19)20)9-13(17)8-11/h7-10H,2-6H2,1H3. The predicted octanol–water partition coefficient (Wildman–Crippen LogP) is 3.26. The molecule has 1 aliphatic heterocycles. The number of hydrogen-bond acceptors (Lipinski definition) is 3. The number of rotatable bonds is 3. The first kappa shape index (κ1) is 18.2. The van der Waals surface area contributed by atoms with Crippen molar-refractivity contribution in [3.8, 4) is 0 Å². The van der Waals surface area contributed by atoms with Crippen LogP contribution in [0.15, 0.2) is 18.2 Å². The molecule has 132 valence electrons. The van der Waals surface area contributed by atoms with Crippen LogP contribution in [-0.4, -0.2) is 36.5 Å². The molecule has 0 atom stereocenters. The summed E-state index contributed by atoms with van der Waals surface area (Å²) in [5.74, 6) is -2.46. The average molecular weight is 347 g/mol. The van der Waals surface area contributed by atoms with E-state index in [1.165, 1.54) is 4.90 Å². The highest BCUT2D eigenvalue weighted by Gasteiger charge is 2.33. The Balaban J connectivity index is 2.08. The molecule has 2 rings (SSSR count). The maximum atomic E-state index is 13.4. The molecule has 1 fully saturated rings. The van der Waals surface area contributed by atoms with Crippen LogP contribution in [-0.2, 0) is 15.7 Å². The van der Waals surface area contributed by atoms with Crippen LogP contribution in [0.2, 0.25) is 0 Å². The third-order valence-electron chi connectivity index (χ3n) is 3.87. The molecule has 0 bridgehead atoms. The van der Waals surface area contributed by atoms with Gasteiger partial charge in [0.05, 0.1) is 18.1 Å². The molecule has 1 aliphatic rings. The van der Waals surface area contributed by atoms with Crippen LogP contribution in [0, 0.1) is 11.7 Å². The number of carbonyl (C=O) groups excluding carboxylic acids is 2. The van der Waals surface area contributed by atoms with Crippen molar-refractivity contribution in [3.05, 3.63) is 35.1 Å². The van der Waals surface area contributed by atoms with Gasteiger partial charge in [0.25, 0.3) is 5.91 Å². The van der Waals surface area contributed by atoms with Crippen LogP contribution in [0.1, 0.15) is 35.7 Å². The normalized spacial score (nSPS) is 16.1. The van der Waals surface area contributed by atoms with E-state index in [1.54, 1.807) is 6.92 Å². The van der Waals surface area contributed by atoms with Crippen molar-refractivity contribution in [2.45, 2.75) is 25.9 Å². The molecule has 0 saturated carbocycles. The molecule has 1 aromatic carbocycles. The van der Waals surface area contributed by atoms with Gasteiger partial charge in [0, 0.05) is 18.7 Å². The first-order chi connectivity index (χ1) is 11.2. The molecular weight excluding hydrogens is 330 g/mol. The lowest BCUT2D eigenvalue weighted by molar-refractivity contribution is -0.149. The van der Waals surface area contributed by atoms with E-state index in [4.69, 9.17) is 4.74 Å². The maximum absolute atomic E-state index is 13.4. The average Bonchev–Trinajstić information content (AvgIpc) is 2.53. The number of alkyl halides is 3. The van der Waals surface area contributed by atoms with Crippen LogP contribution >= 0.6 is 0 Å². The summed E-state index contributed by atoms with van der Waals surface area (Å²) in [4.78, 5) is 25.3. The van der Waals surface area contributed by atoms with Gasteiger partial charge in [-0.1, -0.05) is 0 Å². The molecule has 1 amide bonds. The van der Waals surface area contributed by atoms with E-state index < -0.39 is 23.5 Å². The summed E-state index contributed by atoms with van der Waals surface area (Å²) in [6, 6.07) is 1.78. The molecule has 1 heterocycles. The second-order valence-electron chi connectivity index (χ2n) is 5.54. The summed E-state index contributed by atoms with van der Waals surface area (Å²) in [6.45, 7) is 2.38. The predicted molar refractivity (Wildman–Crippen MR) is 76.7 cm³/mol. The van der Waals surface area contributed by atoms with E-state index in [1.807, 2.05) is 0 Å². The van der Waals surface area contributed by atoms with Crippen molar-refractivity contribution in [2.24, 2.45) is 5.92 Å². The Morgan fingerprint density at radius 3 is 2.38 bits per heavy atom. The van der Waals surface area contributed by atoms with Gasteiger partial charge in [-0.15, -0.1) is 0 Å². The van der Waals surface area contributed by atoms with E-state index in [9.17, 15) is 27.2 Å². The zero-order valence-electron chi connectivity index (χ0n) is 13.0. The smallest absolute Gasteiger partial charge is 0.416 e. The van der Waals surface area contributed by atoms with Gasteiger partial charge < -0.3 is 9.64 Å². The molecule has 0 unspecified atom stereocenters. The van der Waals surface area contributed by atoms with E-state index >= 15 is 0 Å². The SMILES string of the molecule is CCOC(=O)C1CCN(C(=O)c2cc(F)cc(C(F)(F)F)c2)CC1. The lowest BCUT2D eigenvalue weighted by atomic mass is 9.96.